The molecule has 0 aromatic heterocycles. The summed E-state index contributed by atoms with van der Waals surface area (Å²) in [6.45, 7) is 7.93. The predicted octanol–water partition coefficient (Wildman–Crippen LogP) is 3.02. The average molecular weight is 288 g/mol. The van der Waals surface area contributed by atoms with Crippen molar-refractivity contribution in [1.29, 1.82) is 0 Å². The zero-order valence-corrected chi connectivity index (χ0v) is 13.2. The first-order valence-electron chi connectivity index (χ1n) is 8.54. The molecular formula is C18H28N2O. The van der Waals surface area contributed by atoms with Crippen molar-refractivity contribution in [3.63, 3.8) is 0 Å². The van der Waals surface area contributed by atoms with Gasteiger partial charge in [-0.3, -0.25) is 0 Å². The summed E-state index contributed by atoms with van der Waals surface area (Å²) < 4.78 is 5.80. The molecule has 0 spiro atoms. The minimum Gasteiger partial charge on any atom is -0.493 e. The van der Waals surface area contributed by atoms with Gasteiger partial charge < -0.3 is 15.0 Å². The summed E-state index contributed by atoms with van der Waals surface area (Å²) >= 11 is 0. The molecule has 1 saturated heterocycles. The number of nitrogens with one attached hydrogen (secondary N) is 1. The normalized spacial score (nSPS) is 24.9. The number of ether oxygens (including phenoxy) is 1. The van der Waals surface area contributed by atoms with E-state index in [4.69, 9.17) is 4.74 Å². The van der Waals surface area contributed by atoms with Gasteiger partial charge in [-0.05, 0) is 50.4 Å². The Hall–Kier alpha value is -1.06. The molecular weight excluding hydrogens is 260 g/mol. The Morgan fingerprint density at radius 1 is 1.24 bits per heavy atom. The minimum absolute atomic E-state index is 0.628. The van der Waals surface area contributed by atoms with Crippen molar-refractivity contribution in [2.45, 2.75) is 44.6 Å². The van der Waals surface area contributed by atoms with Gasteiger partial charge in [0.1, 0.15) is 5.75 Å². The maximum absolute atomic E-state index is 5.80. The van der Waals surface area contributed by atoms with E-state index in [1.807, 2.05) is 0 Å². The summed E-state index contributed by atoms with van der Waals surface area (Å²) in [5, 5.41) is 3.64. The van der Waals surface area contributed by atoms with Gasteiger partial charge in [0.25, 0.3) is 0 Å². The number of benzene rings is 1. The Labute approximate surface area is 128 Å². The number of hydrogen-bond acceptors (Lipinski definition) is 3. The lowest BCUT2D eigenvalue weighted by Gasteiger charge is -2.32. The van der Waals surface area contributed by atoms with E-state index in [-0.39, 0.29) is 0 Å². The molecule has 2 heterocycles. The quantitative estimate of drug-likeness (QED) is 0.871. The van der Waals surface area contributed by atoms with Crippen LogP contribution in [0, 0.1) is 0 Å². The predicted molar refractivity (Wildman–Crippen MR) is 87.1 cm³/mol. The van der Waals surface area contributed by atoms with Crippen LogP contribution in [0.25, 0.3) is 0 Å². The monoisotopic (exact) mass is 288 g/mol. The van der Waals surface area contributed by atoms with Crippen molar-refractivity contribution in [2.75, 3.05) is 32.8 Å². The zero-order chi connectivity index (χ0) is 14.5. The van der Waals surface area contributed by atoms with Crippen LogP contribution in [0.4, 0.5) is 0 Å². The first-order chi connectivity index (χ1) is 10.4. The van der Waals surface area contributed by atoms with Gasteiger partial charge in [-0.15, -0.1) is 0 Å². The second-order valence-electron chi connectivity index (χ2n) is 6.42. The number of nitrogens with zero attached hydrogens (tertiary/aromatic N) is 1. The van der Waals surface area contributed by atoms with Crippen LogP contribution >= 0.6 is 0 Å². The Morgan fingerprint density at radius 3 is 2.95 bits per heavy atom. The highest BCUT2D eigenvalue weighted by Crippen LogP contribution is 2.33. The van der Waals surface area contributed by atoms with Crippen LogP contribution in [0.1, 0.15) is 44.1 Å². The van der Waals surface area contributed by atoms with Crippen LogP contribution in [0.3, 0.4) is 0 Å². The molecule has 3 heteroatoms. The van der Waals surface area contributed by atoms with Crippen molar-refractivity contribution in [1.82, 2.24) is 10.2 Å². The molecule has 2 aliphatic heterocycles. The van der Waals surface area contributed by atoms with E-state index in [1.165, 1.54) is 51.0 Å². The minimum atomic E-state index is 0.628. The Kier molecular flexibility index (Phi) is 5.15. The summed E-state index contributed by atoms with van der Waals surface area (Å²) in [4.78, 5) is 2.66. The second kappa shape index (κ2) is 7.28. The molecule has 1 aromatic rings. The van der Waals surface area contributed by atoms with Gasteiger partial charge in [-0.25, -0.2) is 0 Å². The smallest absolute Gasteiger partial charge is 0.122 e. The highest BCUT2D eigenvalue weighted by atomic mass is 16.5. The van der Waals surface area contributed by atoms with Crippen molar-refractivity contribution in [3.05, 3.63) is 29.8 Å². The largest absolute Gasteiger partial charge is 0.493 e. The van der Waals surface area contributed by atoms with E-state index in [0.29, 0.717) is 12.0 Å². The van der Waals surface area contributed by atoms with Crippen LogP contribution in [0.2, 0.25) is 0 Å². The van der Waals surface area contributed by atoms with Crippen molar-refractivity contribution in [3.8, 4) is 5.75 Å². The molecule has 0 aliphatic carbocycles. The van der Waals surface area contributed by atoms with E-state index >= 15 is 0 Å². The Balaban J connectivity index is 1.65. The highest BCUT2D eigenvalue weighted by Gasteiger charge is 2.25. The van der Waals surface area contributed by atoms with Gasteiger partial charge in [0.2, 0.25) is 0 Å². The van der Waals surface area contributed by atoms with E-state index in [1.54, 1.807) is 0 Å². The summed E-state index contributed by atoms with van der Waals surface area (Å²) in [6, 6.07) is 9.28. The summed E-state index contributed by atoms with van der Waals surface area (Å²) in [7, 11) is 0. The van der Waals surface area contributed by atoms with Crippen molar-refractivity contribution in [2.24, 2.45) is 0 Å². The number of hydrogen-bond donors (Lipinski definition) is 1. The summed E-state index contributed by atoms with van der Waals surface area (Å²) in [5.74, 6) is 1.73. The van der Waals surface area contributed by atoms with Gasteiger partial charge in [-0.2, -0.15) is 0 Å². The van der Waals surface area contributed by atoms with Gasteiger partial charge in [0, 0.05) is 25.0 Å². The second-order valence-corrected chi connectivity index (χ2v) is 6.42. The fourth-order valence-corrected chi connectivity index (χ4v) is 3.71. The van der Waals surface area contributed by atoms with Gasteiger partial charge >= 0.3 is 0 Å². The van der Waals surface area contributed by atoms with Crippen LogP contribution in [-0.2, 0) is 0 Å². The SMILES string of the molecule is CCCN(CC1CCCN1)CC1CCOc2ccccc21. The number of para-hydroxylation sites is 1. The fraction of sp³-hybridized carbons (Fsp3) is 0.667. The standard InChI is InChI=1S/C18H28N2O/c1-2-11-20(14-16-6-5-10-19-16)13-15-9-12-21-18-8-4-3-7-17(15)18/h3-4,7-8,15-16,19H,2,5-6,9-14H2,1H3. The molecule has 0 amide bonds. The molecule has 0 bridgehead atoms. The molecule has 2 aliphatic rings. The van der Waals surface area contributed by atoms with Crippen LogP contribution in [0.15, 0.2) is 24.3 Å². The van der Waals surface area contributed by atoms with Gasteiger partial charge in [-0.1, -0.05) is 25.1 Å². The van der Waals surface area contributed by atoms with Gasteiger partial charge in [0.15, 0.2) is 0 Å². The van der Waals surface area contributed by atoms with Crippen molar-refractivity contribution >= 4 is 0 Å². The lowest BCUT2D eigenvalue weighted by Crippen LogP contribution is -2.40. The first kappa shape index (κ1) is 14.9. The molecule has 116 valence electrons. The molecule has 1 fully saturated rings. The Bertz CT molecular complexity index is 443. The lowest BCUT2D eigenvalue weighted by molar-refractivity contribution is 0.200. The van der Waals surface area contributed by atoms with Crippen LogP contribution in [0.5, 0.6) is 5.75 Å². The summed E-state index contributed by atoms with van der Waals surface area (Å²) in [5.41, 5.74) is 1.41. The molecule has 2 unspecified atom stereocenters. The molecule has 0 radical (unpaired) electrons. The Morgan fingerprint density at radius 2 is 2.14 bits per heavy atom. The molecule has 3 rings (SSSR count). The highest BCUT2D eigenvalue weighted by molar-refractivity contribution is 5.37. The van der Waals surface area contributed by atoms with E-state index < -0.39 is 0 Å². The first-order valence-corrected chi connectivity index (χ1v) is 8.54. The van der Waals surface area contributed by atoms with E-state index in [9.17, 15) is 0 Å². The molecule has 1 aromatic carbocycles. The number of fused-ring (bicyclic) bond motifs is 1. The molecule has 21 heavy (non-hydrogen) atoms. The third-order valence-corrected chi connectivity index (χ3v) is 4.74. The average Bonchev–Trinajstić information content (AvgIpc) is 3.01. The zero-order valence-electron chi connectivity index (χ0n) is 13.2. The molecule has 1 N–H and O–H groups in total. The van der Waals surface area contributed by atoms with Crippen molar-refractivity contribution < 1.29 is 4.74 Å². The van der Waals surface area contributed by atoms with Crippen LogP contribution < -0.4 is 10.1 Å². The maximum atomic E-state index is 5.80. The van der Waals surface area contributed by atoms with Gasteiger partial charge in [0.05, 0.1) is 6.61 Å². The third kappa shape index (κ3) is 3.78. The van der Waals surface area contributed by atoms with Crippen LogP contribution in [-0.4, -0.2) is 43.7 Å². The fourth-order valence-electron chi connectivity index (χ4n) is 3.71. The maximum Gasteiger partial charge on any atom is 0.122 e. The number of rotatable bonds is 6. The molecule has 2 atom stereocenters. The third-order valence-electron chi connectivity index (χ3n) is 4.74. The molecule has 0 saturated carbocycles. The molecule has 3 nitrogen and oxygen atoms in total. The van der Waals surface area contributed by atoms with E-state index in [0.717, 1.165) is 18.8 Å². The van der Waals surface area contributed by atoms with E-state index in [2.05, 4.69) is 41.4 Å². The summed E-state index contributed by atoms with van der Waals surface area (Å²) in [6.07, 6.45) is 5.06. The lowest BCUT2D eigenvalue weighted by atomic mass is 9.92. The topological polar surface area (TPSA) is 24.5 Å².